The van der Waals surface area contributed by atoms with E-state index in [-0.39, 0.29) is 11.4 Å². The third kappa shape index (κ3) is 1.37. The Bertz CT molecular complexity index is 479. The molecule has 0 atom stereocenters. The van der Waals surface area contributed by atoms with Crippen molar-refractivity contribution in [2.24, 2.45) is 5.41 Å². The van der Waals surface area contributed by atoms with E-state index in [2.05, 4.69) is 0 Å². The number of rotatable bonds is 0. The maximum absolute atomic E-state index is 11.9. The van der Waals surface area contributed by atoms with Gasteiger partial charge in [-0.1, -0.05) is 0 Å². The summed E-state index contributed by atoms with van der Waals surface area (Å²) in [6.07, 6.45) is 0. The SMILES string of the molecule is CC1=C(C)C(C#N)=C(C#N)C(C)(C)C1=O. The summed E-state index contributed by atoms with van der Waals surface area (Å²) >= 11 is 0. The van der Waals surface area contributed by atoms with Crippen molar-refractivity contribution in [1.82, 2.24) is 0 Å². The molecule has 15 heavy (non-hydrogen) atoms. The number of nitriles is 2. The fraction of sp³-hybridized carbons (Fsp3) is 0.417. The van der Waals surface area contributed by atoms with E-state index in [0.717, 1.165) is 0 Å². The van der Waals surface area contributed by atoms with Crippen LogP contribution in [0.3, 0.4) is 0 Å². The molecule has 0 bridgehead atoms. The van der Waals surface area contributed by atoms with E-state index < -0.39 is 5.41 Å². The van der Waals surface area contributed by atoms with Crippen molar-refractivity contribution in [3.8, 4) is 12.1 Å². The van der Waals surface area contributed by atoms with Gasteiger partial charge in [0.25, 0.3) is 0 Å². The smallest absolute Gasteiger partial charge is 0.169 e. The molecule has 1 aliphatic rings. The van der Waals surface area contributed by atoms with E-state index in [9.17, 15) is 4.79 Å². The maximum atomic E-state index is 11.9. The number of allylic oxidation sites excluding steroid dienone is 4. The van der Waals surface area contributed by atoms with Gasteiger partial charge in [0, 0.05) is 0 Å². The van der Waals surface area contributed by atoms with Crippen molar-refractivity contribution in [3.05, 3.63) is 22.3 Å². The highest BCUT2D eigenvalue weighted by Gasteiger charge is 2.39. The molecule has 0 aromatic heterocycles. The predicted octanol–water partition coefficient (Wildman–Crippen LogP) is 2.28. The van der Waals surface area contributed by atoms with Gasteiger partial charge < -0.3 is 0 Å². The van der Waals surface area contributed by atoms with E-state index in [1.807, 2.05) is 12.1 Å². The first-order valence-electron chi connectivity index (χ1n) is 4.65. The molecular formula is C12H12N2O. The highest BCUT2D eigenvalue weighted by atomic mass is 16.1. The molecule has 0 aromatic rings. The summed E-state index contributed by atoms with van der Waals surface area (Å²) in [5.41, 5.74) is 0.954. The molecule has 1 aliphatic carbocycles. The zero-order chi connectivity index (χ0) is 11.8. The lowest BCUT2D eigenvalue weighted by molar-refractivity contribution is -0.121. The zero-order valence-corrected chi connectivity index (χ0v) is 9.30. The summed E-state index contributed by atoms with van der Waals surface area (Å²) in [7, 11) is 0. The van der Waals surface area contributed by atoms with Gasteiger partial charge in [-0.15, -0.1) is 0 Å². The molecule has 0 heterocycles. The first-order chi connectivity index (χ1) is 6.87. The van der Waals surface area contributed by atoms with Gasteiger partial charge in [0.15, 0.2) is 5.78 Å². The maximum Gasteiger partial charge on any atom is 0.169 e. The van der Waals surface area contributed by atoms with Crippen molar-refractivity contribution >= 4 is 5.78 Å². The van der Waals surface area contributed by atoms with E-state index in [4.69, 9.17) is 10.5 Å². The molecule has 0 N–H and O–H groups in total. The zero-order valence-electron chi connectivity index (χ0n) is 9.30. The molecule has 1 rings (SSSR count). The summed E-state index contributed by atoms with van der Waals surface area (Å²) < 4.78 is 0. The van der Waals surface area contributed by atoms with E-state index in [1.54, 1.807) is 27.7 Å². The van der Waals surface area contributed by atoms with Crippen LogP contribution < -0.4 is 0 Å². The van der Waals surface area contributed by atoms with Gasteiger partial charge in [0.2, 0.25) is 0 Å². The van der Waals surface area contributed by atoms with E-state index >= 15 is 0 Å². The molecule has 0 saturated heterocycles. The number of nitrogens with zero attached hydrogens (tertiary/aromatic N) is 2. The average Bonchev–Trinajstić information content (AvgIpc) is 2.20. The molecule has 0 aliphatic heterocycles. The Morgan fingerprint density at radius 1 is 1.07 bits per heavy atom. The van der Waals surface area contributed by atoms with Crippen LogP contribution in [0.25, 0.3) is 0 Å². The summed E-state index contributed by atoms with van der Waals surface area (Å²) in [5, 5.41) is 18.0. The summed E-state index contributed by atoms with van der Waals surface area (Å²) in [5.74, 6) is -0.0736. The number of carbonyl (C=O) groups excluding carboxylic acids is 1. The monoisotopic (exact) mass is 200 g/mol. The Morgan fingerprint density at radius 2 is 1.60 bits per heavy atom. The minimum absolute atomic E-state index is 0.0736. The summed E-state index contributed by atoms with van der Waals surface area (Å²) in [6.45, 7) is 6.77. The number of hydrogen-bond donors (Lipinski definition) is 0. The lowest BCUT2D eigenvalue weighted by Gasteiger charge is -2.29. The minimum Gasteiger partial charge on any atom is -0.294 e. The van der Waals surface area contributed by atoms with Crippen LogP contribution in [0, 0.1) is 28.1 Å². The fourth-order valence-corrected chi connectivity index (χ4v) is 1.78. The van der Waals surface area contributed by atoms with Gasteiger partial charge in [-0.25, -0.2) is 0 Å². The number of Topliss-reactive ketones (excluding diaryl/α,β-unsaturated/α-hetero) is 1. The van der Waals surface area contributed by atoms with Crippen molar-refractivity contribution in [2.75, 3.05) is 0 Å². The van der Waals surface area contributed by atoms with Crippen molar-refractivity contribution in [2.45, 2.75) is 27.7 Å². The molecule has 3 nitrogen and oxygen atoms in total. The van der Waals surface area contributed by atoms with Crippen LogP contribution >= 0.6 is 0 Å². The molecular weight excluding hydrogens is 188 g/mol. The molecule has 0 fully saturated rings. The minimum atomic E-state index is -0.872. The predicted molar refractivity (Wildman–Crippen MR) is 55.4 cm³/mol. The molecule has 0 amide bonds. The molecule has 76 valence electrons. The van der Waals surface area contributed by atoms with Crippen molar-refractivity contribution < 1.29 is 4.79 Å². The van der Waals surface area contributed by atoms with Gasteiger partial charge in [-0.3, -0.25) is 4.79 Å². The fourth-order valence-electron chi connectivity index (χ4n) is 1.78. The molecule has 3 heteroatoms. The summed E-state index contributed by atoms with van der Waals surface area (Å²) in [4.78, 5) is 11.9. The Hall–Kier alpha value is -1.87. The van der Waals surface area contributed by atoms with Crippen LogP contribution in [0.5, 0.6) is 0 Å². The third-order valence-corrected chi connectivity index (χ3v) is 2.94. The van der Waals surface area contributed by atoms with Gasteiger partial charge >= 0.3 is 0 Å². The number of hydrogen-bond acceptors (Lipinski definition) is 3. The van der Waals surface area contributed by atoms with Crippen LogP contribution in [0.4, 0.5) is 0 Å². The van der Waals surface area contributed by atoms with E-state index in [0.29, 0.717) is 16.7 Å². The van der Waals surface area contributed by atoms with Gasteiger partial charge in [0.1, 0.15) is 6.07 Å². The summed E-state index contributed by atoms with van der Waals surface area (Å²) in [6, 6.07) is 3.99. The molecule has 0 saturated carbocycles. The van der Waals surface area contributed by atoms with Crippen LogP contribution in [0.1, 0.15) is 27.7 Å². The second kappa shape index (κ2) is 3.37. The van der Waals surface area contributed by atoms with Crippen LogP contribution in [-0.2, 0) is 4.79 Å². The quantitative estimate of drug-likeness (QED) is 0.602. The van der Waals surface area contributed by atoms with Crippen LogP contribution in [0.15, 0.2) is 22.3 Å². The normalized spacial score (nSPS) is 20.0. The lowest BCUT2D eigenvalue weighted by Crippen LogP contribution is -2.31. The molecule has 0 aromatic carbocycles. The van der Waals surface area contributed by atoms with Crippen molar-refractivity contribution in [1.29, 1.82) is 10.5 Å². The average molecular weight is 200 g/mol. The second-order valence-corrected chi connectivity index (χ2v) is 4.18. The standard InChI is InChI=1S/C12H12N2O/c1-7-8(2)11(15)12(3,4)10(6-14)9(7)5-13/h1-4H3. The lowest BCUT2D eigenvalue weighted by atomic mass is 9.70. The van der Waals surface area contributed by atoms with Gasteiger partial charge in [-0.05, 0) is 38.8 Å². The Kier molecular flexibility index (Phi) is 2.51. The third-order valence-electron chi connectivity index (χ3n) is 2.94. The van der Waals surface area contributed by atoms with Crippen molar-refractivity contribution in [3.63, 3.8) is 0 Å². The highest BCUT2D eigenvalue weighted by Crippen LogP contribution is 2.39. The Balaban J connectivity index is 3.65. The first kappa shape index (κ1) is 11.2. The topological polar surface area (TPSA) is 64.7 Å². The Morgan fingerprint density at radius 3 is 2.00 bits per heavy atom. The van der Waals surface area contributed by atoms with Crippen LogP contribution in [0.2, 0.25) is 0 Å². The molecule has 0 spiro atoms. The number of ketones is 1. The van der Waals surface area contributed by atoms with E-state index in [1.165, 1.54) is 0 Å². The highest BCUT2D eigenvalue weighted by molar-refractivity contribution is 6.05. The van der Waals surface area contributed by atoms with Gasteiger partial charge in [0.05, 0.1) is 22.6 Å². The molecule has 0 unspecified atom stereocenters. The molecule has 0 radical (unpaired) electrons. The second-order valence-electron chi connectivity index (χ2n) is 4.18. The van der Waals surface area contributed by atoms with Crippen LogP contribution in [-0.4, -0.2) is 5.78 Å². The van der Waals surface area contributed by atoms with Gasteiger partial charge in [-0.2, -0.15) is 10.5 Å². The first-order valence-corrected chi connectivity index (χ1v) is 4.65. The Labute approximate surface area is 89.3 Å². The number of carbonyl (C=O) groups is 1. The largest absolute Gasteiger partial charge is 0.294 e.